The zero-order chi connectivity index (χ0) is 17.4. The summed E-state index contributed by atoms with van der Waals surface area (Å²) in [4.78, 5) is 24.6. The maximum atomic E-state index is 11.6. The molecule has 1 aliphatic heterocycles. The molecule has 0 unspecified atom stereocenters. The summed E-state index contributed by atoms with van der Waals surface area (Å²) in [6.07, 6.45) is 2.39. The Morgan fingerprint density at radius 3 is 1.68 bits per heavy atom. The summed E-state index contributed by atoms with van der Waals surface area (Å²) in [5.41, 5.74) is -0.438. The SMILES string of the molecule is CCOC(=O)C(C)(C)Br.CCOC(=O)C(C)(C)N1CCCC1. The third kappa shape index (κ3) is 7.09. The van der Waals surface area contributed by atoms with Crippen LogP contribution >= 0.6 is 15.9 Å². The van der Waals surface area contributed by atoms with Crippen molar-refractivity contribution in [1.82, 2.24) is 4.90 Å². The first-order chi connectivity index (χ1) is 10.1. The van der Waals surface area contributed by atoms with Crippen molar-refractivity contribution in [1.29, 1.82) is 0 Å². The van der Waals surface area contributed by atoms with Crippen LogP contribution in [0.3, 0.4) is 0 Å². The van der Waals surface area contributed by atoms with E-state index in [-0.39, 0.29) is 11.9 Å². The van der Waals surface area contributed by atoms with E-state index in [1.165, 1.54) is 12.8 Å². The van der Waals surface area contributed by atoms with Crippen molar-refractivity contribution in [2.24, 2.45) is 0 Å². The molecule has 1 fully saturated rings. The molecule has 1 rings (SSSR count). The lowest BCUT2D eigenvalue weighted by Gasteiger charge is -2.32. The number of alkyl halides is 1. The minimum Gasteiger partial charge on any atom is -0.465 e. The van der Waals surface area contributed by atoms with Crippen LogP contribution in [0.15, 0.2) is 0 Å². The third-order valence-corrected chi connectivity index (χ3v) is 3.76. The minimum absolute atomic E-state index is 0.100. The number of carbonyl (C=O) groups excluding carboxylic acids is 2. The fraction of sp³-hybridized carbons (Fsp3) is 0.875. The van der Waals surface area contributed by atoms with Crippen LogP contribution < -0.4 is 0 Å². The largest absolute Gasteiger partial charge is 0.465 e. The molecule has 0 spiro atoms. The summed E-state index contributed by atoms with van der Waals surface area (Å²) in [5.74, 6) is -0.318. The molecule has 0 N–H and O–H groups in total. The van der Waals surface area contributed by atoms with Crippen LogP contribution in [0, 0.1) is 0 Å². The topological polar surface area (TPSA) is 55.8 Å². The van der Waals surface area contributed by atoms with Gasteiger partial charge in [-0.2, -0.15) is 0 Å². The fourth-order valence-corrected chi connectivity index (χ4v) is 2.13. The summed E-state index contributed by atoms with van der Waals surface area (Å²) in [6, 6.07) is 0. The predicted molar refractivity (Wildman–Crippen MR) is 91.2 cm³/mol. The number of halogens is 1. The van der Waals surface area contributed by atoms with Gasteiger partial charge in [0.25, 0.3) is 0 Å². The summed E-state index contributed by atoms with van der Waals surface area (Å²) in [6.45, 7) is 14.0. The molecule has 0 amide bonds. The summed E-state index contributed by atoms with van der Waals surface area (Å²) in [5, 5.41) is 0. The lowest BCUT2D eigenvalue weighted by Crippen LogP contribution is -2.49. The van der Waals surface area contributed by atoms with E-state index in [0.29, 0.717) is 13.2 Å². The van der Waals surface area contributed by atoms with Crippen LogP contribution in [0.25, 0.3) is 0 Å². The lowest BCUT2D eigenvalue weighted by molar-refractivity contribution is -0.155. The van der Waals surface area contributed by atoms with E-state index in [1.54, 1.807) is 20.8 Å². The number of hydrogen-bond acceptors (Lipinski definition) is 5. The number of nitrogens with zero attached hydrogens (tertiary/aromatic N) is 1. The first-order valence-corrected chi connectivity index (χ1v) is 8.65. The van der Waals surface area contributed by atoms with Crippen molar-refractivity contribution >= 4 is 27.9 Å². The Kier molecular flexibility index (Phi) is 9.24. The Morgan fingerprint density at radius 2 is 1.36 bits per heavy atom. The average molecular weight is 380 g/mol. The average Bonchev–Trinajstić information content (AvgIpc) is 2.93. The Morgan fingerprint density at radius 1 is 0.955 bits per heavy atom. The van der Waals surface area contributed by atoms with Crippen LogP contribution in [0.5, 0.6) is 0 Å². The van der Waals surface area contributed by atoms with Crippen molar-refractivity contribution < 1.29 is 19.1 Å². The molecule has 0 atom stereocenters. The minimum atomic E-state index is -0.539. The number of ether oxygens (including phenoxy) is 2. The van der Waals surface area contributed by atoms with Gasteiger partial charge in [0.05, 0.1) is 13.2 Å². The zero-order valence-corrected chi connectivity index (χ0v) is 16.3. The number of rotatable bonds is 5. The van der Waals surface area contributed by atoms with Gasteiger partial charge < -0.3 is 9.47 Å². The van der Waals surface area contributed by atoms with Crippen LogP contribution in [-0.2, 0) is 19.1 Å². The second-order valence-corrected chi connectivity index (χ2v) is 8.15. The normalized spacial score (nSPS) is 15.8. The molecular weight excluding hydrogens is 350 g/mol. The zero-order valence-electron chi connectivity index (χ0n) is 14.7. The molecule has 0 aromatic heterocycles. The van der Waals surface area contributed by atoms with Gasteiger partial charge in [-0.3, -0.25) is 14.5 Å². The van der Waals surface area contributed by atoms with E-state index in [4.69, 9.17) is 9.47 Å². The second-order valence-electron chi connectivity index (χ2n) is 6.17. The molecule has 1 saturated heterocycles. The predicted octanol–water partition coefficient (Wildman–Crippen LogP) is 3.15. The first-order valence-electron chi connectivity index (χ1n) is 7.85. The van der Waals surface area contributed by atoms with E-state index in [1.807, 2.05) is 20.8 Å². The highest BCUT2D eigenvalue weighted by Crippen LogP contribution is 2.22. The maximum absolute atomic E-state index is 11.6. The summed E-state index contributed by atoms with van der Waals surface area (Å²) < 4.78 is 9.22. The molecule has 0 saturated carbocycles. The van der Waals surface area contributed by atoms with Gasteiger partial charge in [-0.25, -0.2) is 0 Å². The highest BCUT2D eigenvalue weighted by atomic mass is 79.9. The van der Waals surface area contributed by atoms with E-state index in [9.17, 15) is 9.59 Å². The van der Waals surface area contributed by atoms with Crippen molar-refractivity contribution in [3.63, 3.8) is 0 Å². The van der Waals surface area contributed by atoms with Gasteiger partial charge in [0, 0.05) is 0 Å². The fourth-order valence-electron chi connectivity index (χ4n) is 2.02. The molecule has 1 aliphatic rings. The van der Waals surface area contributed by atoms with Gasteiger partial charge in [0.2, 0.25) is 0 Å². The third-order valence-electron chi connectivity index (χ3n) is 3.43. The Bertz CT molecular complexity index is 358. The summed E-state index contributed by atoms with van der Waals surface area (Å²) in [7, 11) is 0. The van der Waals surface area contributed by atoms with Crippen molar-refractivity contribution in [3.05, 3.63) is 0 Å². The van der Waals surface area contributed by atoms with Crippen molar-refractivity contribution in [2.75, 3.05) is 26.3 Å². The molecule has 130 valence electrons. The highest BCUT2D eigenvalue weighted by Gasteiger charge is 2.37. The van der Waals surface area contributed by atoms with Crippen LogP contribution in [-0.4, -0.2) is 53.0 Å². The van der Waals surface area contributed by atoms with Gasteiger partial charge in [-0.15, -0.1) is 0 Å². The molecule has 0 radical (unpaired) electrons. The highest BCUT2D eigenvalue weighted by molar-refractivity contribution is 9.10. The molecule has 0 bridgehead atoms. The molecule has 6 heteroatoms. The number of likely N-dealkylation sites (tertiary alicyclic amines) is 1. The molecule has 0 aromatic carbocycles. The van der Waals surface area contributed by atoms with E-state index in [0.717, 1.165) is 13.1 Å². The van der Waals surface area contributed by atoms with Crippen LogP contribution in [0.2, 0.25) is 0 Å². The number of esters is 2. The Hall–Kier alpha value is -0.620. The lowest BCUT2D eigenvalue weighted by atomic mass is 10.0. The molecule has 0 aromatic rings. The smallest absolute Gasteiger partial charge is 0.325 e. The second kappa shape index (κ2) is 9.50. The van der Waals surface area contributed by atoms with Gasteiger partial charge >= 0.3 is 11.9 Å². The monoisotopic (exact) mass is 379 g/mol. The Balaban J connectivity index is 0.000000433. The molecule has 1 heterocycles. The molecule has 0 aliphatic carbocycles. The standard InChI is InChI=1S/C10H19NO2.C6H11BrO2/c1-4-13-9(12)10(2,3)11-7-5-6-8-11;1-4-9-5(8)6(2,3)7/h4-8H2,1-3H3;4H2,1-3H3. The van der Waals surface area contributed by atoms with Crippen molar-refractivity contribution in [2.45, 2.75) is 64.2 Å². The van der Waals surface area contributed by atoms with Gasteiger partial charge in [0.15, 0.2) is 0 Å². The van der Waals surface area contributed by atoms with E-state index >= 15 is 0 Å². The molecule has 5 nitrogen and oxygen atoms in total. The van der Waals surface area contributed by atoms with E-state index < -0.39 is 9.86 Å². The Labute approximate surface area is 142 Å². The quantitative estimate of drug-likeness (QED) is 0.542. The van der Waals surface area contributed by atoms with Gasteiger partial charge in [-0.1, -0.05) is 15.9 Å². The van der Waals surface area contributed by atoms with Gasteiger partial charge in [0.1, 0.15) is 9.86 Å². The van der Waals surface area contributed by atoms with Gasteiger partial charge in [-0.05, 0) is 67.5 Å². The van der Waals surface area contributed by atoms with Crippen LogP contribution in [0.1, 0.15) is 54.4 Å². The van der Waals surface area contributed by atoms with E-state index in [2.05, 4.69) is 20.8 Å². The van der Waals surface area contributed by atoms with Crippen molar-refractivity contribution in [3.8, 4) is 0 Å². The summed E-state index contributed by atoms with van der Waals surface area (Å²) >= 11 is 3.17. The maximum Gasteiger partial charge on any atom is 0.325 e. The first kappa shape index (κ1) is 21.4. The molecule has 22 heavy (non-hydrogen) atoms. The molecular formula is C16H30BrNO4. The number of carbonyl (C=O) groups is 2. The number of hydrogen-bond donors (Lipinski definition) is 0. The van der Waals surface area contributed by atoms with Crippen LogP contribution in [0.4, 0.5) is 0 Å².